The summed E-state index contributed by atoms with van der Waals surface area (Å²) in [6.07, 6.45) is 4.65. The Labute approximate surface area is 192 Å². The number of benzene rings is 1. The van der Waals surface area contributed by atoms with Crippen LogP contribution in [-0.2, 0) is 11.3 Å². The van der Waals surface area contributed by atoms with Crippen molar-refractivity contribution in [3.8, 4) is 0 Å². The van der Waals surface area contributed by atoms with Gasteiger partial charge in [-0.1, -0.05) is 19.3 Å². The summed E-state index contributed by atoms with van der Waals surface area (Å²) in [6.45, 7) is 5.80. The number of carbonyl (C=O) groups excluding carboxylic acids is 3. The number of ketones is 1. The summed E-state index contributed by atoms with van der Waals surface area (Å²) < 4.78 is 28.3. The van der Waals surface area contributed by atoms with E-state index in [1.54, 1.807) is 20.8 Å². The minimum absolute atomic E-state index is 0.0162. The molecule has 3 rings (SSSR count). The molecule has 1 aliphatic carbocycles. The topological polar surface area (TPSA) is 80.2 Å². The van der Waals surface area contributed by atoms with E-state index in [4.69, 9.17) is 0 Å². The second kappa shape index (κ2) is 9.85. The number of Topliss-reactive ketones (excluding diaryl/α,β-unsaturated/α-hetero) is 1. The number of rotatable bonds is 7. The number of hydrogen-bond acceptors (Lipinski definition) is 3. The second-order valence-electron chi connectivity index (χ2n) is 9.10. The van der Waals surface area contributed by atoms with Crippen molar-refractivity contribution in [2.75, 3.05) is 12.0 Å². The van der Waals surface area contributed by atoms with E-state index in [1.807, 2.05) is 6.92 Å². The van der Waals surface area contributed by atoms with Gasteiger partial charge >= 0.3 is 0 Å². The minimum atomic E-state index is -0.785. The van der Waals surface area contributed by atoms with E-state index in [-0.39, 0.29) is 23.6 Å². The van der Waals surface area contributed by atoms with Gasteiger partial charge in [0.25, 0.3) is 17.6 Å². The second-order valence-corrected chi connectivity index (χ2v) is 9.10. The van der Waals surface area contributed by atoms with Gasteiger partial charge in [0.2, 0.25) is 0 Å². The predicted molar refractivity (Wildman–Crippen MR) is 123 cm³/mol. The van der Waals surface area contributed by atoms with Crippen molar-refractivity contribution in [2.24, 2.45) is 0 Å². The molecule has 0 atom stereocenters. The zero-order valence-electron chi connectivity index (χ0n) is 19.6. The summed E-state index contributed by atoms with van der Waals surface area (Å²) >= 11 is 0. The van der Waals surface area contributed by atoms with Crippen molar-refractivity contribution in [3.05, 3.63) is 52.1 Å². The van der Waals surface area contributed by atoms with Gasteiger partial charge in [0.1, 0.15) is 12.5 Å². The number of nitrogens with zero attached hydrogens (tertiary/aromatic N) is 1. The van der Waals surface area contributed by atoms with Crippen LogP contribution in [0.15, 0.2) is 18.2 Å². The predicted octanol–water partition coefficient (Wildman–Crippen LogP) is 4.80. The summed E-state index contributed by atoms with van der Waals surface area (Å²) in [5.74, 6) is -2.43. The quantitative estimate of drug-likeness (QED) is 0.461. The van der Waals surface area contributed by atoms with Crippen LogP contribution < -0.4 is 10.6 Å². The molecule has 178 valence electrons. The molecule has 6 nitrogen and oxygen atoms in total. The first-order valence-electron chi connectivity index (χ1n) is 11.3. The Hall–Kier alpha value is -3.03. The van der Waals surface area contributed by atoms with Crippen molar-refractivity contribution in [3.63, 3.8) is 0 Å². The van der Waals surface area contributed by atoms with Gasteiger partial charge in [0, 0.05) is 16.9 Å². The lowest BCUT2D eigenvalue weighted by Gasteiger charge is -2.34. The Morgan fingerprint density at radius 1 is 1.09 bits per heavy atom. The smallest absolute Gasteiger partial charge is 0.294 e. The fourth-order valence-electron chi connectivity index (χ4n) is 4.70. The van der Waals surface area contributed by atoms with Gasteiger partial charge in [-0.25, -0.2) is 8.78 Å². The van der Waals surface area contributed by atoms with Gasteiger partial charge in [-0.05, 0) is 69.9 Å². The molecule has 1 heterocycles. The van der Waals surface area contributed by atoms with Gasteiger partial charge in [-0.2, -0.15) is 0 Å². The van der Waals surface area contributed by atoms with Crippen LogP contribution in [0.4, 0.5) is 14.5 Å². The van der Waals surface area contributed by atoms with Crippen LogP contribution in [0.1, 0.15) is 76.7 Å². The Balaban J connectivity index is 1.92. The normalized spacial score (nSPS) is 15.2. The van der Waals surface area contributed by atoms with E-state index in [1.165, 1.54) is 22.8 Å². The number of nitrogens with one attached hydrogen (secondary N) is 2. The molecule has 8 heteroatoms. The van der Waals surface area contributed by atoms with Gasteiger partial charge in [0.15, 0.2) is 0 Å². The average Bonchev–Trinajstić information content (AvgIpc) is 3.00. The molecule has 2 amide bonds. The average molecular weight is 460 g/mol. The number of halogens is 2. The molecule has 0 unspecified atom stereocenters. The molecule has 1 fully saturated rings. The van der Waals surface area contributed by atoms with Crippen molar-refractivity contribution in [1.29, 1.82) is 0 Å². The highest BCUT2D eigenvalue weighted by Crippen LogP contribution is 2.29. The fourth-order valence-corrected chi connectivity index (χ4v) is 4.70. The van der Waals surface area contributed by atoms with Gasteiger partial charge in [-0.15, -0.1) is 0 Å². The summed E-state index contributed by atoms with van der Waals surface area (Å²) in [6, 6.07) is 4.19. The zero-order chi connectivity index (χ0) is 24.3. The first-order chi connectivity index (χ1) is 15.6. The molecule has 1 saturated carbocycles. The summed E-state index contributed by atoms with van der Waals surface area (Å²) in [5.41, 5.74) is 1.24. The summed E-state index contributed by atoms with van der Waals surface area (Å²) in [5, 5.41) is 5.57. The van der Waals surface area contributed by atoms with E-state index in [0.717, 1.165) is 32.1 Å². The number of hydrogen-bond donors (Lipinski definition) is 2. The first-order valence-corrected chi connectivity index (χ1v) is 11.3. The van der Waals surface area contributed by atoms with Crippen molar-refractivity contribution < 1.29 is 23.2 Å². The van der Waals surface area contributed by atoms with Crippen molar-refractivity contribution >= 4 is 23.3 Å². The lowest BCUT2D eigenvalue weighted by atomic mass is 9.83. The number of aromatic nitrogens is 1. The molecule has 0 radical (unpaired) electrons. The van der Waals surface area contributed by atoms with Crippen LogP contribution >= 0.6 is 0 Å². The lowest BCUT2D eigenvalue weighted by molar-refractivity contribution is -0.119. The molecule has 0 bridgehead atoms. The first kappa shape index (κ1) is 24.6. The largest absolute Gasteiger partial charge is 0.344 e. The molecule has 2 N–H and O–H groups in total. The number of amides is 2. The molecule has 0 saturated heterocycles. The van der Waals surface area contributed by atoms with Crippen LogP contribution in [0.5, 0.6) is 0 Å². The molecule has 2 aromatic rings. The van der Waals surface area contributed by atoms with Gasteiger partial charge in [0.05, 0.1) is 17.8 Å². The standard InChI is InChI=1S/C25H31F2N3O3/c1-15-14-18(8-9-19(15)27)28-23(32)20-16(2)21(30(13-12-26)17(20)3)22(31)24(33)29-25(4)10-6-5-7-11-25/h8-9,14H,5-7,10-13H2,1-4H3,(H,28,32)(H,29,33). The van der Waals surface area contributed by atoms with E-state index >= 15 is 0 Å². The molecular formula is C25H31F2N3O3. The fraction of sp³-hybridized carbons (Fsp3) is 0.480. The monoisotopic (exact) mass is 459 g/mol. The maximum absolute atomic E-state index is 13.6. The molecule has 1 aliphatic rings. The highest BCUT2D eigenvalue weighted by molar-refractivity contribution is 6.43. The lowest BCUT2D eigenvalue weighted by Crippen LogP contribution is -2.50. The van der Waals surface area contributed by atoms with Gasteiger partial charge < -0.3 is 15.2 Å². The van der Waals surface area contributed by atoms with Crippen LogP contribution in [-0.4, -0.2) is 34.4 Å². The third-order valence-electron chi connectivity index (χ3n) is 6.51. The van der Waals surface area contributed by atoms with Gasteiger partial charge in [-0.3, -0.25) is 14.4 Å². The van der Waals surface area contributed by atoms with E-state index in [0.29, 0.717) is 22.5 Å². The van der Waals surface area contributed by atoms with Crippen molar-refractivity contribution in [2.45, 2.75) is 71.9 Å². The third kappa shape index (κ3) is 5.15. The molecule has 33 heavy (non-hydrogen) atoms. The zero-order valence-corrected chi connectivity index (χ0v) is 19.6. The van der Waals surface area contributed by atoms with Crippen LogP contribution in [0.2, 0.25) is 0 Å². The van der Waals surface area contributed by atoms with E-state index in [2.05, 4.69) is 10.6 Å². The summed E-state index contributed by atoms with van der Waals surface area (Å²) in [7, 11) is 0. The Bertz CT molecular complexity index is 1090. The number of carbonyl (C=O) groups is 3. The highest BCUT2D eigenvalue weighted by atomic mass is 19.1. The maximum Gasteiger partial charge on any atom is 0.294 e. The number of alkyl halides is 1. The van der Waals surface area contributed by atoms with Crippen molar-refractivity contribution in [1.82, 2.24) is 9.88 Å². The molecule has 1 aromatic carbocycles. The van der Waals surface area contributed by atoms with E-state index in [9.17, 15) is 23.2 Å². The Kier molecular flexibility index (Phi) is 7.34. The third-order valence-corrected chi connectivity index (χ3v) is 6.51. The highest BCUT2D eigenvalue weighted by Gasteiger charge is 2.34. The minimum Gasteiger partial charge on any atom is -0.344 e. The van der Waals surface area contributed by atoms with Crippen LogP contribution in [0.25, 0.3) is 0 Å². The summed E-state index contributed by atoms with van der Waals surface area (Å²) in [4.78, 5) is 39.1. The molecule has 1 aromatic heterocycles. The molecule has 0 aliphatic heterocycles. The number of aryl methyl sites for hydroxylation is 1. The van der Waals surface area contributed by atoms with Crippen LogP contribution in [0.3, 0.4) is 0 Å². The SMILES string of the molecule is Cc1cc(NC(=O)c2c(C)c(C(=O)C(=O)NC3(C)CCCCC3)n(CCF)c2C)ccc1F. The Morgan fingerprint density at radius 3 is 2.36 bits per heavy atom. The number of anilines is 1. The van der Waals surface area contributed by atoms with E-state index < -0.39 is 29.8 Å². The van der Waals surface area contributed by atoms with Crippen LogP contribution in [0, 0.1) is 26.6 Å². The molecule has 0 spiro atoms. The maximum atomic E-state index is 13.6. The Morgan fingerprint density at radius 2 is 1.76 bits per heavy atom. The molecular weight excluding hydrogens is 428 g/mol.